The summed E-state index contributed by atoms with van der Waals surface area (Å²) < 4.78 is 0. The maximum absolute atomic E-state index is 12.7. The van der Waals surface area contributed by atoms with E-state index in [-0.39, 0.29) is 24.1 Å². The third kappa shape index (κ3) is 3.91. The number of hydrogen-bond donors (Lipinski definition) is 1. The quantitative estimate of drug-likeness (QED) is 0.746. The van der Waals surface area contributed by atoms with Crippen LogP contribution in [0.2, 0.25) is 0 Å². The Hall–Kier alpha value is -3.15. The van der Waals surface area contributed by atoms with E-state index in [4.69, 9.17) is 4.84 Å². The van der Waals surface area contributed by atoms with Crippen LogP contribution in [-0.4, -0.2) is 30.7 Å². The van der Waals surface area contributed by atoms with E-state index in [1.807, 2.05) is 63.2 Å². The molecule has 2 aromatic rings. The van der Waals surface area contributed by atoms with Crippen molar-refractivity contribution in [1.82, 2.24) is 0 Å². The van der Waals surface area contributed by atoms with Crippen molar-refractivity contribution >= 4 is 28.9 Å². The van der Waals surface area contributed by atoms with Gasteiger partial charge < -0.3 is 15.1 Å². The lowest BCUT2D eigenvalue weighted by molar-refractivity contribution is -0.121. The van der Waals surface area contributed by atoms with Gasteiger partial charge in [-0.1, -0.05) is 55.4 Å². The minimum absolute atomic E-state index is 0.198. The van der Waals surface area contributed by atoms with E-state index in [0.29, 0.717) is 6.54 Å². The van der Waals surface area contributed by atoms with Gasteiger partial charge in [-0.15, -0.1) is 0 Å². The third-order valence-electron chi connectivity index (χ3n) is 4.70. The zero-order valence-electron chi connectivity index (χ0n) is 16.5. The molecular weight excluding hydrogens is 354 g/mol. The van der Waals surface area contributed by atoms with Crippen LogP contribution in [0.15, 0.2) is 47.6 Å². The summed E-state index contributed by atoms with van der Waals surface area (Å²) in [7, 11) is 0. The Morgan fingerprint density at radius 2 is 1.93 bits per heavy atom. The first-order valence-corrected chi connectivity index (χ1v) is 9.56. The molecule has 0 saturated heterocycles. The second kappa shape index (κ2) is 8.69. The summed E-state index contributed by atoms with van der Waals surface area (Å²) >= 11 is 0. The molecule has 3 rings (SSSR count). The number of aryl methyl sites for hydroxylation is 2. The highest BCUT2D eigenvalue weighted by molar-refractivity contribution is 6.54. The molecule has 0 aliphatic carbocycles. The Labute approximate surface area is 165 Å². The van der Waals surface area contributed by atoms with E-state index in [2.05, 4.69) is 10.5 Å². The molecule has 1 aliphatic heterocycles. The van der Waals surface area contributed by atoms with Crippen LogP contribution in [-0.2, 0) is 20.8 Å². The Kier molecular flexibility index (Phi) is 6.09. The first-order valence-electron chi connectivity index (χ1n) is 9.56. The van der Waals surface area contributed by atoms with Crippen molar-refractivity contribution in [3.8, 4) is 0 Å². The third-order valence-corrected chi connectivity index (χ3v) is 4.70. The molecule has 1 heterocycles. The molecule has 2 amide bonds. The smallest absolute Gasteiger partial charge is 0.281 e. The molecule has 0 radical (unpaired) electrons. The molecule has 0 unspecified atom stereocenters. The lowest BCUT2D eigenvalue weighted by atomic mass is 10.1. The maximum atomic E-state index is 12.7. The van der Waals surface area contributed by atoms with Crippen LogP contribution in [0.1, 0.15) is 37.0 Å². The highest BCUT2D eigenvalue weighted by atomic mass is 16.6. The summed E-state index contributed by atoms with van der Waals surface area (Å²) in [6.45, 7) is 6.36. The van der Waals surface area contributed by atoms with Crippen molar-refractivity contribution < 1.29 is 14.4 Å². The predicted molar refractivity (Wildman–Crippen MR) is 111 cm³/mol. The van der Waals surface area contributed by atoms with Gasteiger partial charge in [0.2, 0.25) is 0 Å². The number of nitrogens with zero attached hydrogens (tertiary/aromatic N) is 2. The minimum atomic E-state index is -0.308. The molecule has 0 aromatic heterocycles. The molecule has 28 heavy (non-hydrogen) atoms. The maximum Gasteiger partial charge on any atom is 0.281 e. The Morgan fingerprint density at radius 1 is 1.14 bits per heavy atom. The molecule has 0 bridgehead atoms. The van der Waals surface area contributed by atoms with E-state index in [9.17, 15) is 9.59 Å². The summed E-state index contributed by atoms with van der Waals surface area (Å²) in [4.78, 5) is 31.9. The Bertz CT molecular complexity index is 921. The van der Waals surface area contributed by atoms with Crippen LogP contribution in [0.5, 0.6) is 0 Å². The van der Waals surface area contributed by atoms with Gasteiger partial charge in [-0.2, -0.15) is 0 Å². The largest absolute Gasteiger partial charge is 0.385 e. The fourth-order valence-corrected chi connectivity index (χ4v) is 3.33. The highest BCUT2D eigenvalue weighted by Gasteiger charge is 2.33. The van der Waals surface area contributed by atoms with Gasteiger partial charge in [-0.05, 0) is 37.0 Å². The standard InChI is InChI=1S/C22H25N3O3/c1-4-13-25-18-12-7-6-11-17(18)21(22(25)27)24-28-14-19(26)23-20-15(3)9-8-10-16(20)5-2/h6-12H,4-5,13-14H2,1-3H3,(H,23,26). The van der Waals surface area contributed by atoms with E-state index in [1.165, 1.54) is 0 Å². The summed E-state index contributed by atoms with van der Waals surface area (Å²) in [6, 6.07) is 13.4. The van der Waals surface area contributed by atoms with Crippen molar-refractivity contribution in [2.75, 3.05) is 23.4 Å². The average molecular weight is 379 g/mol. The molecule has 0 spiro atoms. The van der Waals surface area contributed by atoms with Gasteiger partial charge in [0.05, 0.1) is 5.69 Å². The topological polar surface area (TPSA) is 71.0 Å². The van der Waals surface area contributed by atoms with Gasteiger partial charge in [0.25, 0.3) is 11.8 Å². The van der Waals surface area contributed by atoms with Crippen molar-refractivity contribution in [3.05, 3.63) is 59.2 Å². The first kappa shape index (κ1) is 19.6. The number of hydrogen-bond acceptors (Lipinski definition) is 4. The lowest BCUT2D eigenvalue weighted by Crippen LogP contribution is -2.31. The van der Waals surface area contributed by atoms with E-state index in [0.717, 1.165) is 40.9 Å². The molecule has 146 valence electrons. The van der Waals surface area contributed by atoms with Gasteiger partial charge in [-0.25, -0.2) is 0 Å². The molecular formula is C22H25N3O3. The normalized spacial score (nSPS) is 14.3. The van der Waals surface area contributed by atoms with Gasteiger partial charge >= 0.3 is 0 Å². The van der Waals surface area contributed by atoms with Crippen LogP contribution in [0.25, 0.3) is 0 Å². The van der Waals surface area contributed by atoms with Crippen molar-refractivity contribution in [1.29, 1.82) is 0 Å². The molecule has 2 aromatic carbocycles. The van der Waals surface area contributed by atoms with Gasteiger partial charge in [0.15, 0.2) is 12.3 Å². The number of carbonyl (C=O) groups excluding carboxylic acids is 2. The lowest BCUT2D eigenvalue weighted by Gasteiger charge is -2.14. The van der Waals surface area contributed by atoms with Crippen LogP contribution in [0.4, 0.5) is 11.4 Å². The van der Waals surface area contributed by atoms with Crippen molar-refractivity contribution in [2.24, 2.45) is 5.16 Å². The SMILES string of the molecule is CCCN1C(=O)C(=NOCC(=O)Nc2c(C)cccc2CC)c2ccccc21. The molecule has 6 nitrogen and oxygen atoms in total. The second-order valence-electron chi connectivity index (χ2n) is 6.70. The van der Waals surface area contributed by atoms with Crippen LogP contribution < -0.4 is 10.2 Å². The summed E-state index contributed by atoms with van der Waals surface area (Å²) in [5, 5.41) is 6.88. The number of rotatable bonds is 7. The zero-order valence-corrected chi connectivity index (χ0v) is 16.5. The molecule has 6 heteroatoms. The second-order valence-corrected chi connectivity index (χ2v) is 6.70. The number of para-hydroxylation sites is 2. The van der Waals surface area contributed by atoms with E-state index in [1.54, 1.807) is 4.90 Å². The summed E-state index contributed by atoms with van der Waals surface area (Å²) in [5.41, 5.74) is 4.66. The molecule has 0 atom stereocenters. The van der Waals surface area contributed by atoms with Crippen LogP contribution in [0.3, 0.4) is 0 Å². The number of fused-ring (bicyclic) bond motifs is 1. The molecule has 0 saturated carbocycles. The number of nitrogens with one attached hydrogen (secondary N) is 1. The molecule has 0 fully saturated rings. The van der Waals surface area contributed by atoms with Gasteiger partial charge in [-0.3, -0.25) is 9.59 Å². The van der Waals surface area contributed by atoms with Gasteiger partial charge in [0.1, 0.15) is 0 Å². The number of anilines is 2. The summed E-state index contributed by atoms with van der Waals surface area (Å²) in [5.74, 6) is -0.506. The zero-order chi connectivity index (χ0) is 20.1. The average Bonchev–Trinajstić information content (AvgIpc) is 2.96. The highest BCUT2D eigenvalue weighted by Crippen LogP contribution is 2.29. The van der Waals surface area contributed by atoms with E-state index < -0.39 is 0 Å². The van der Waals surface area contributed by atoms with E-state index >= 15 is 0 Å². The monoisotopic (exact) mass is 379 g/mol. The van der Waals surface area contributed by atoms with Crippen LogP contribution in [0, 0.1) is 6.92 Å². The minimum Gasteiger partial charge on any atom is -0.385 e. The molecule has 1 aliphatic rings. The number of oxime groups is 1. The Balaban J connectivity index is 1.70. The number of amides is 2. The summed E-state index contributed by atoms with van der Waals surface area (Å²) in [6.07, 6.45) is 1.66. The van der Waals surface area contributed by atoms with Crippen molar-refractivity contribution in [2.45, 2.75) is 33.6 Å². The fraction of sp³-hybridized carbons (Fsp3) is 0.318. The number of carbonyl (C=O) groups is 2. The first-order chi connectivity index (χ1) is 13.6. The Morgan fingerprint density at radius 3 is 2.68 bits per heavy atom. The van der Waals surface area contributed by atoms with Gasteiger partial charge in [0, 0.05) is 17.8 Å². The number of benzene rings is 2. The van der Waals surface area contributed by atoms with Crippen molar-refractivity contribution in [3.63, 3.8) is 0 Å². The molecule has 1 N–H and O–H groups in total. The predicted octanol–water partition coefficient (Wildman–Crippen LogP) is 3.67. The van der Waals surface area contributed by atoms with Crippen LogP contribution >= 0.6 is 0 Å². The fourth-order valence-electron chi connectivity index (χ4n) is 3.33.